The minimum Gasteiger partial charge on any atom is -0.291 e. The molecular formula is C6H6B2O2. The van der Waals surface area contributed by atoms with E-state index in [1.165, 1.54) is 18.2 Å². The lowest BCUT2D eigenvalue weighted by Gasteiger charge is -2.00. The van der Waals surface area contributed by atoms with Gasteiger partial charge in [-0.15, -0.1) is 0 Å². The van der Waals surface area contributed by atoms with Crippen LogP contribution in [0.15, 0.2) is 23.7 Å². The van der Waals surface area contributed by atoms with Gasteiger partial charge in [-0.3, -0.25) is 9.59 Å². The first-order valence-corrected chi connectivity index (χ1v) is 3.21. The van der Waals surface area contributed by atoms with Crippen molar-refractivity contribution in [1.82, 2.24) is 0 Å². The van der Waals surface area contributed by atoms with Crippen LogP contribution in [0.1, 0.15) is 0 Å². The molecule has 1 rings (SSSR count). The average molecular weight is 132 g/mol. The number of hydrogen-bond donors (Lipinski definition) is 0. The van der Waals surface area contributed by atoms with Gasteiger partial charge in [0.15, 0.2) is 11.6 Å². The summed E-state index contributed by atoms with van der Waals surface area (Å²) in [7, 11) is 2.49. The molecule has 1 aliphatic carbocycles. The molecule has 0 aliphatic heterocycles. The summed E-state index contributed by atoms with van der Waals surface area (Å²) in [6.45, 7) is 0. The molecule has 0 aromatic carbocycles. The third kappa shape index (κ3) is 1.26. The largest absolute Gasteiger partial charge is 0.291 e. The Bertz CT molecular complexity index is 240. The first kappa shape index (κ1) is 7.06. The van der Waals surface area contributed by atoms with Crippen molar-refractivity contribution in [1.29, 1.82) is 0 Å². The highest BCUT2D eigenvalue weighted by molar-refractivity contribution is 6.96. The zero-order valence-corrected chi connectivity index (χ0v) is 5.76. The highest BCUT2D eigenvalue weighted by Crippen LogP contribution is 2.01. The number of ketones is 2. The maximum absolute atomic E-state index is 10.9. The molecule has 1 aliphatic rings. The molecule has 48 valence electrons. The summed E-state index contributed by atoms with van der Waals surface area (Å²) in [5.41, 5.74) is 0.604. The summed E-state index contributed by atoms with van der Waals surface area (Å²) in [6.07, 6.45) is 4.00. The zero-order chi connectivity index (χ0) is 7.56. The summed E-state index contributed by atoms with van der Waals surface area (Å²) in [5, 5.41) is 0. The van der Waals surface area contributed by atoms with Crippen LogP contribution in [0.5, 0.6) is 0 Å². The standard InChI is InChI=1S/C6H6B2O2/c7-8-5-3-4(9)1-2-6(5)10/h1-3,8H,7H2. The van der Waals surface area contributed by atoms with Crippen molar-refractivity contribution in [2.75, 3.05) is 0 Å². The Morgan fingerprint density at radius 3 is 2.50 bits per heavy atom. The summed E-state index contributed by atoms with van der Waals surface area (Å²) >= 11 is 0. The van der Waals surface area contributed by atoms with Crippen LogP contribution in [0, 0.1) is 0 Å². The van der Waals surface area contributed by atoms with Gasteiger partial charge in [-0.25, -0.2) is 0 Å². The van der Waals surface area contributed by atoms with Crippen LogP contribution in [0.2, 0.25) is 0 Å². The van der Waals surface area contributed by atoms with E-state index in [1.54, 1.807) is 0 Å². The number of carbonyl (C=O) groups is 2. The van der Waals surface area contributed by atoms with E-state index in [0.717, 1.165) is 0 Å². The molecule has 0 fully saturated rings. The van der Waals surface area contributed by atoms with Gasteiger partial charge in [-0.05, 0) is 23.7 Å². The highest BCUT2D eigenvalue weighted by Gasteiger charge is 2.10. The van der Waals surface area contributed by atoms with Crippen molar-refractivity contribution >= 4 is 26.5 Å². The van der Waals surface area contributed by atoms with E-state index in [-0.39, 0.29) is 11.6 Å². The van der Waals surface area contributed by atoms with Crippen LogP contribution >= 0.6 is 0 Å². The van der Waals surface area contributed by atoms with Crippen molar-refractivity contribution < 1.29 is 9.59 Å². The molecule has 2 nitrogen and oxygen atoms in total. The third-order valence-corrected chi connectivity index (χ3v) is 1.41. The molecule has 0 atom stereocenters. The molecule has 0 aromatic rings. The Morgan fingerprint density at radius 2 is 2.00 bits per heavy atom. The smallest absolute Gasteiger partial charge is 0.178 e. The number of rotatable bonds is 1. The van der Waals surface area contributed by atoms with Crippen molar-refractivity contribution in [3.8, 4) is 0 Å². The molecular weight excluding hydrogens is 126 g/mol. The Hall–Kier alpha value is -1.05. The van der Waals surface area contributed by atoms with Crippen LogP contribution in [-0.2, 0) is 9.59 Å². The average Bonchev–Trinajstić information content (AvgIpc) is 1.94. The fraction of sp³-hybridized carbons (Fsp3) is 0. The molecule has 0 N–H and O–H groups in total. The van der Waals surface area contributed by atoms with Crippen molar-refractivity contribution in [3.63, 3.8) is 0 Å². The maximum Gasteiger partial charge on any atom is 0.178 e. The summed E-state index contributed by atoms with van der Waals surface area (Å²) in [6, 6.07) is 0. The molecule has 0 radical (unpaired) electrons. The summed E-state index contributed by atoms with van der Waals surface area (Å²) in [4.78, 5) is 21.5. The van der Waals surface area contributed by atoms with Crippen LogP contribution in [0.3, 0.4) is 0 Å². The SMILES string of the molecule is BBC1=CC(=O)C=CC1=O. The Morgan fingerprint density at radius 1 is 1.30 bits per heavy atom. The summed E-state index contributed by atoms with van der Waals surface area (Å²) in [5.74, 6) is -0.126. The van der Waals surface area contributed by atoms with Crippen molar-refractivity contribution in [2.24, 2.45) is 0 Å². The van der Waals surface area contributed by atoms with Gasteiger partial charge in [0.05, 0.1) is 7.74 Å². The van der Waals surface area contributed by atoms with Crippen LogP contribution in [-0.4, -0.2) is 26.5 Å². The van der Waals surface area contributed by atoms with E-state index < -0.39 is 0 Å². The van der Waals surface area contributed by atoms with Gasteiger partial charge in [-0.2, -0.15) is 0 Å². The van der Waals surface area contributed by atoms with Gasteiger partial charge < -0.3 is 0 Å². The predicted molar refractivity (Wildman–Crippen MR) is 42.9 cm³/mol. The first-order valence-electron chi connectivity index (χ1n) is 3.21. The minimum absolute atomic E-state index is 0.0397. The second kappa shape index (κ2) is 2.69. The van der Waals surface area contributed by atoms with E-state index in [4.69, 9.17) is 0 Å². The monoisotopic (exact) mass is 132 g/mol. The van der Waals surface area contributed by atoms with Gasteiger partial charge >= 0.3 is 0 Å². The van der Waals surface area contributed by atoms with E-state index in [9.17, 15) is 9.59 Å². The molecule has 0 aromatic heterocycles. The van der Waals surface area contributed by atoms with Gasteiger partial charge in [-0.1, -0.05) is 0 Å². The van der Waals surface area contributed by atoms with Gasteiger partial charge in [0.2, 0.25) is 0 Å². The molecule has 4 heteroatoms. The van der Waals surface area contributed by atoms with E-state index in [2.05, 4.69) is 0 Å². The van der Waals surface area contributed by atoms with E-state index in [1.807, 2.05) is 7.74 Å². The van der Waals surface area contributed by atoms with Gasteiger partial charge in [0.1, 0.15) is 7.17 Å². The highest BCUT2D eigenvalue weighted by atomic mass is 16.1. The lowest BCUT2D eigenvalue weighted by Crippen LogP contribution is -2.12. The Labute approximate surface area is 60.6 Å². The van der Waals surface area contributed by atoms with Crippen LogP contribution in [0.4, 0.5) is 0 Å². The number of allylic oxidation sites excluding steroid dienone is 4. The Kier molecular flexibility index (Phi) is 1.90. The molecule has 0 unspecified atom stereocenters. The van der Waals surface area contributed by atoms with Crippen LogP contribution < -0.4 is 0 Å². The van der Waals surface area contributed by atoms with Gasteiger partial charge in [0.25, 0.3) is 0 Å². The fourth-order valence-electron chi connectivity index (χ4n) is 0.832. The number of carbonyl (C=O) groups excluding carboxylic acids is 2. The van der Waals surface area contributed by atoms with Crippen molar-refractivity contribution in [2.45, 2.75) is 0 Å². The summed E-state index contributed by atoms with van der Waals surface area (Å²) < 4.78 is 0. The molecule has 0 bridgehead atoms. The first-order chi connectivity index (χ1) is 4.74. The fourth-order valence-corrected chi connectivity index (χ4v) is 0.832. The molecule has 10 heavy (non-hydrogen) atoms. The lowest BCUT2D eigenvalue weighted by molar-refractivity contribution is -0.114. The topological polar surface area (TPSA) is 34.1 Å². The molecule has 0 heterocycles. The lowest BCUT2D eigenvalue weighted by atomic mass is 9.49. The maximum atomic E-state index is 10.9. The predicted octanol–water partition coefficient (Wildman–Crippen LogP) is -1.44. The van der Waals surface area contributed by atoms with E-state index in [0.29, 0.717) is 12.6 Å². The van der Waals surface area contributed by atoms with Gasteiger partial charge in [0, 0.05) is 0 Å². The molecule has 0 saturated carbocycles. The van der Waals surface area contributed by atoms with Crippen molar-refractivity contribution in [3.05, 3.63) is 23.7 Å². The normalized spacial score (nSPS) is 17.0. The molecule has 0 amide bonds. The molecule has 0 saturated heterocycles. The second-order valence-corrected chi connectivity index (χ2v) is 2.12. The Balaban J connectivity index is 2.89. The third-order valence-electron chi connectivity index (χ3n) is 1.41. The van der Waals surface area contributed by atoms with E-state index >= 15 is 0 Å². The second-order valence-electron chi connectivity index (χ2n) is 2.12. The molecule has 0 spiro atoms. The zero-order valence-electron chi connectivity index (χ0n) is 5.76. The minimum atomic E-state index is -0.0866. The quantitative estimate of drug-likeness (QED) is 0.323. The van der Waals surface area contributed by atoms with Crippen LogP contribution in [0.25, 0.3) is 0 Å². The number of hydrogen-bond acceptors (Lipinski definition) is 2.